The summed E-state index contributed by atoms with van der Waals surface area (Å²) in [4.78, 5) is 8.28. The van der Waals surface area contributed by atoms with Gasteiger partial charge in [0.05, 0.1) is 16.8 Å². The van der Waals surface area contributed by atoms with E-state index in [2.05, 4.69) is 20.5 Å². The van der Waals surface area contributed by atoms with E-state index in [4.69, 9.17) is 28.0 Å². The topological polar surface area (TPSA) is 111 Å². The van der Waals surface area contributed by atoms with E-state index < -0.39 is 0 Å². The van der Waals surface area contributed by atoms with Gasteiger partial charge in [-0.1, -0.05) is 11.6 Å². The van der Waals surface area contributed by atoms with Crippen molar-refractivity contribution < 1.29 is 4.74 Å². The molecule has 0 unspecified atom stereocenters. The molecule has 0 fully saturated rings. The summed E-state index contributed by atoms with van der Waals surface area (Å²) >= 11 is 6.24. The molecule has 1 heterocycles. The molecule has 0 aliphatic carbocycles. The molecule has 8 heteroatoms. The highest BCUT2D eigenvalue weighted by molar-refractivity contribution is 6.32. The van der Waals surface area contributed by atoms with Crippen molar-refractivity contribution in [3.8, 4) is 17.0 Å². The van der Waals surface area contributed by atoms with Gasteiger partial charge in [-0.25, -0.2) is 15.8 Å². The number of nitrogens with one attached hydrogen (secondary N) is 1. The average molecular weight is 321 g/mol. The first-order valence-electron chi connectivity index (χ1n) is 6.58. The molecule has 0 amide bonds. The Balaban J connectivity index is 2.36. The highest BCUT2D eigenvalue weighted by atomic mass is 35.5. The number of hydrazine groups is 1. The van der Waals surface area contributed by atoms with E-state index in [0.29, 0.717) is 22.2 Å². The third-order valence-corrected chi connectivity index (χ3v) is 3.06. The lowest BCUT2D eigenvalue weighted by Crippen LogP contribution is -2.32. The predicted octanol–water partition coefficient (Wildman–Crippen LogP) is 1.67. The van der Waals surface area contributed by atoms with Crippen LogP contribution in [0.2, 0.25) is 5.02 Å². The Bertz CT molecular complexity index is 689. The van der Waals surface area contributed by atoms with Crippen molar-refractivity contribution in [3.05, 3.63) is 41.3 Å². The summed E-state index contributed by atoms with van der Waals surface area (Å²) in [6, 6.07) is 7.16. The summed E-state index contributed by atoms with van der Waals surface area (Å²) in [5, 5.41) is 4.03. The van der Waals surface area contributed by atoms with Gasteiger partial charge in [0.1, 0.15) is 17.8 Å². The highest BCUT2D eigenvalue weighted by Crippen LogP contribution is 2.30. The molecule has 0 spiro atoms. The van der Waals surface area contributed by atoms with E-state index >= 15 is 0 Å². The zero-order chi connectivity index (χ0) is 16.1. The minimum Gasteiger partial charge on any atom is -0.489 e. The molecule has 2 aromatic rings. The van der Waals surface area contributed by atoms with Crippen molar-refractivity contribution in [1.29, 1.82) is 0 Å². The van der Waals surface area contributed by atoms with Crippen LogP contribution in [0, 0.1) is 0 Å². The molecule has 0 aliphatic heterocycles. The van der Waals surface area contributed by atoms with Gasteiger partial charge in [-0.2, -0.15) is 5.10 Å². The van der Waals surface area contributed by atoms with E-state index in [0.717, 1.165) is 5.56 Å². The van der Waals surface area contributed by atoms with Gasteiger partial charge in [0.2, 0.25) is 0 Å². The molecule has 5 N–H and O–H groups in total. The van der Waals surface area contributed by atoms with E-state index in [1.807, 2.05) is 19.9 Å². The molecule has 0 aliphatic rings. The van der Waals surface area contributed by atoms with Crippen LogP contribution in [0.15, 0.2) is 35.7 Å². The van der Waals surface area contributed by atoms with Crippen molar-refractivity contribution in [2.24, 2.45) is 16.8 Å². The van der Waals surface area contributed by atoms with Crippen molar-refractivity contribution >= 4 is 17.4 Å². The number of hydrogen-bond acceptors (Lipinski definition) is 6. The van der Waals surface area contributed by atoms with Crippen LogP contribution in [0.5, 0.6) is 5.75 Å². The lowest BCUT2D eigenvalue weighted by Gasteiger charge is -2.12. The second-order valence-corrected chi connectivity index (χ2v) is 5.13. The van der Waals surface area contributed by atoms with Gasteiger partial charge >= 0.3 is 0 Å². The number of nitrogens with zero attached hydrogens (tertiary/aromatic N) is 3. The minimum atomic E-state index is 0.0490. The molecule has 0 bridgehead atoms. The van der Waals surface area contributed by atoms with Crippen molar-refractivity contribution in [1.82, 2.24) is 15.4 Å². The molecule has 1 aromatic carbocycles. The van der Waals surface area contributed by atoms with Gasteiger partial charge in [0, 0.05) is 5.56 Å². The van der Waals surface area contributed by atoms with Crippen LogP contribution in [-0.2, 0) is 0 Å². The molecule has 0 saturated carbocycles. The van der Waals surface area contributed by atoms with Crippen molar-refractivity contribution in [3.63, 3.8) is 0 Å². The Kier molecular flexibility index (Phi) is 5.13. The largest absolute Gasteiger partial charge is 0.489 e. The van der Waals surface area contributed by atoms with E-state index in [1.54, 1.807) is 18.2 Å². The maximum atomic E-state index is 6.24. The molecule has 0 saturated heterocycles. The smallest absolute Gasteiger partial charge is 0.185 e. The number of rotatable bonds is 4. The number of hydrazone groups is 1. The lowest BCUT2D eigenvalue weighted by atomic mass is 10.1. The minimum absolute atomic E-state index is 0.0490. The fourth-order valence-corrected chi connectivity index (χ4v) is 2.06. The third kappa shape index (κ3) is 3.63. The van der Waals surface area contributed by atoms with Gasteiger partial charge in [-0.05, 0) is 38.1 Å². The molecule has 0 radical (unpaired) electrons. The molecule has 116 valence electrons. The van der Waals surface area contributed by atoms with Crippen molar-refractivity contribution in [2.45, 2.75) is 20.0 Å². The van der Waals surface area contributed by atoms with Gasteiger partial charge in [0.15, 0.2) is 5.84 Å². The lowest BCUT2D eigenvalue weighted by molar-refractivity contribution is 0.242. The van der Waals surface area contributed by atoms with Crippen LogP contribution < -0.4 is 21.8 Å². The number of aromatic nitrogens is 2. The highest BCUT2D eigenvalue weighted by Gasteiger charge is 2.10. The van der Waals surface area contributed by atoms with E-state index in [9.17, 15) is 0 Å². The number of ether oxygens (including phenoxy) is 1. The van der Waals surface area contributed by atoms with Crippen LogP contribution in [0.1, 0.15) is 19.5 Å². The van der Waals surface area contributed by atoms with Gasteiger partial charge in [-0.3, -0.25) is 0 Å². The number of nitrogens with two attached hydrogens (primary N) is 2. The quantitative estimate of drug-likeness (QED) is 0.342. The van der Waals surface area contributed by atoms with Crippen LogP contribution in [0.3, 0.4) is 0 Å². The summed E-state index contributed by atoms with van der Waals surface area (Å²) < 4.78 is 5.61. The Morgan fingerprint density at radius 2 is 2.09 bits per heavy atom. The molecule has 7 nitrogen and oxygen atoms in total. The second-order valence-electron chi connectivity index (χ2n) is 4.72. The number of amidine groups is 1. The molecule has 1 aromatic heterocycles. The number of hydrogen-bond donors (Lipinski definition) is 3. The summed E-state index contributed by atoms with van der Waals surface area (Å²) in [6.07, 6.45) is 1.45. The maximum absolute atomic E-state index is 6.24. The fraction of sp³-hybridized carbons (Fsp3) is 0.214. The molecular weight excluding hydrogens is 304 g/mol. The molecule has 22 heavy (non-hydrogen) atoms. The van der Waals surface area contributed by atoms with Gasteiger partial charge in [-0.15, -0.1) is 0 Å². The van der Waals surface area contributed by atoms with Gasteiger partial charge < -0.3 is 16.0 Å². The second kappa shape index (κ2) is 7.06. The zero-order valence-corrected chi connectivity index (χ0v) is 13.0. The first-order chi connectivity index (χ1) is 10.5. The Morgan fingerprint density at radius 1 is 1.32 bits per heavy atom. The van der Waals surface area contributed by atoms with Crippen molar-refractivity contribution in [2.75, 3.05) is 0 Å². The van der Waals surface area contributed by atoms with Crippen LogP contribution >= 0.6 is 11.6 Å². The molecular formula is C14H17ClN6O. The van der Waals surface area contributed by atoms with Crippen LogP contribution in [0.25, 0.3) is 11.3 Å². The predicted molar refractivity (Wildman–Crippen MR) is 86.3 cm³/mol. The standard InChI is InChI=1S/C14H17ClN6O/c1-8(2)22-13-4-3-9(5-10(13)15)11-6-12(19-7-18-11)14(20-16)21-17/h3-8H,16-17H2,1-2H3,(H,20,21). The summed E-state index contributed by atoms with van der Waals surface area (Å²) in [7, 11) is 0. The average Bonchev–Trinajstić information content (AvgIpc) is 2.50. The van der Waals surface area contributed by atoms with Crippen LogP contribution in [-0.4, -0.2) is 21.9 Å². The zero-order valence-electron chi connectivity index (χ0n) is 12.2. The normalized spacial score (nSPS) is 11.6. The third-order valence-electron chi connectivity index (χ3n) is 2.77. The maximum Gasteiger partial charge on any atom is 0.185 e. The Labute approximate surface area is 133 Å². The van der Waals surface area contributed by atoms with Gasteiger partial charge in [0.25, 0.3) is 0 Å². The van der Waals surface area contributed by atoms with E-state index in [1.165, 1.54) is 6.33 Å². The summed E-state index contributed by atoms with van der Waals surface area (Å²) in [5.74, 6) is 11.5. The summed E-state index contributed by atoms with van der Waals surface area (Å²) in [5.41, 5.74) is 4.34. The molecule has 2 rings (SSSR count). The molecule has 0 atom stereocenters. The number of benzene rings is 1. The Morgan fingerprint density at radius 3 is 2.68 bits per heavy atom. The Hall–Kier alpha value is -2.38. The first-order valence-corrected chi connectivity index (χ1v) is 6.96. The fourth-order valence-electron chi connectivity index (χ4n) is 1.83. The van der Waals surface area contributed by atoms with Crippen LogP contribution in [0.4, 0.5) is 0 Å². The monoisotopic (exact) mass is 320 g/mol. The summed E-state index contributed by atoms with van der Waals surface area (Å²) in [6.45, 7) is 3.88. The van der Waals surface area contributed by atoms with E-state index in [-0.39, 0.29) is 11.9 Å². The SMILES string of the molecule is CC(C)Oc1ccc(-c2cc(/C(=N/N)NN)ncn2)cc1Cl. The first kappa shape index (κ1) is 16.0. The number of halogens is 1.